The fourth-order valence-electron chi connectivity index (χ4n) is 4.25. The summed E-state index contributed by atoms with van der Waals surface area (Å²) < 4.78 is 10.3. The Morgan fingerprint density at radius 2 is 1.54 bits per heavy atom. The zero-order valence-electron chi connectivity index (χ0n) is 22.0. The molecule has 0 saturated carbocycles. The third-order valence-corrected chi connectivity index (χ3v) is 6.38. The van der Waals surface area contributed by atoms with Crippen molar-refractivity contribution in [1.82, 2.24) is 5.32 Å². The molecular formula is C30H43NO4. The molecule has 2 rings (SSSR count). The van der Waals surface area contributed by atoms with Crippen molar-refractivity contribution in [3.8, 4) is 0 Å². The molecule has 0 bridgehead atoms. The molecule has 1 N–H and O–H groups in total. The summed E-state index contributed by atoms with van der Waals surface area (Å²) in [6.45, 7) is 7.21. The topological polar surface area (TPSA) is 64.6 Å². The number of benzene rings is 2. The van der Waals surface area contributed by atoms with Crippen molar-refractivity contribution >= 4 is 11.9 Å². The van der Waals surface area contributed by atoms with Crippen molar-refractivity contribution in [3.63, 3.8) is 0 Å². The number of carbonyl (C=O) groups excluding carboxylic acids is 2. The number of methoxy groups -OCH3 is 1. The van der Waals surface area contributed by atoms with Gasteiger partial charge in [-0.15, -0.1) is 0 Å². The number of unbranched alkanes of at least 4 members (excludes halogenated alkanes) is 4. The van der Waals surface area contributed by atoms with Crippen LogP contribution in [-0.2, 0) is 31.9 Å². The second-order valence-corrected chi connectivity index (χ2v) is 9.19. The number of aryl methyl sites for hydroxylation is 1. The molecule has 2 aromatic carbocycles. The fourth-order valence-corrected chi connectivity index (χ4v) is 4.25. The van der Waals surface area contributed by atoms with Gasteiger partial charge in [0.2, 0.25) is 5.91 Å². The van der Waals surface area contributed by atoms with Crippen molar-refractivity contribution in [2.24, 2.45) is 0 Å². The van der Waals surface area contributed by atoms with E-state index in [1.54, 1.807) is 0 Å². The Kier molecular flexibility index (Phi) is 13.1. The Morgan fingerprint density at radius 3 is 2.17 bits per heavy atom. The number of ether oxygens (including phenoxy) is 2. The molecule has 35 heavy (non-hydrogen) atoms. The highest BCUT2D eigenvalue weighted by molar-refractivity contribution is 5.83. The van der Waals surface area contributed by atoms with Crippen LogP contribution < -0.4 is 5.32 Å². The molecule has 0 aliphatic rings. The normalized spacial score (nSPS) is 12.7. The molecule has 2 aromatic rings. The summed E-state index contributed by atoms with van der Waals surface area (Å²) in [6, 6.07) is 16.5. The van der Waals surface area contributed by atoms with Crippen molar-refractivity contribution in [2.75, 3.05) is 20.3 Å². The SMILES string of the molecule is CCCCCCCC(C(=O)NCCc1ccc(CC(OCC)C(=O)OC)cc1)c1ccc(C)cc1. The summed E-state index contributed by atoms with van der Waals surface area (Å²) in [5.41, 5.74) is 4.47. The van der Waals surface area contributed by atoms with Crippen LogP contribution in [-0.4, -0.2) is 38.2 Å². The van der Waals surface area contributed by atoms with Crippen LogP contribution in [0.2, 0.25) is 0 Å². The summed E-state index contributed by atoms with van der Waals surface area (Å²) in [6.07, 6.45) is 7.50. The quantitative estimate of drug-likeness (QED) is 0.239. The van der Waals surface area contributed by atoms with E-state index >= 15 is 0 Å². The second-order valence-electron chi connectivity index (χ2n) is 9.19. The molecule has 0 heterocycles. The standard InChI is InChI=1S/C30H43NO4/c1-5-7-8-9-10-11-27(26-18-12-23(3)13-19-26)29(32)31-21-20-24-14-16-25(17-15-24)22-28(35-6-2)30(33)34-4/h12-19,27-28H,5-11,20-22H2,1-4H3,(H,31,32). The maximum absolute atomic E-state index is 13.1. The average Bonchev–Trinajstić information content (AvgIpc) is 2.87. The zero-order valence-corrected chi connectivity index (χ0v) is 22.0. The molecule has 0 fully saturated rings. The minimum absolute atomic E-state index is 0.103. The first-order valence-corrected chi connectivity index (χ1v) is 13.1. The van der Waals surface area contributed by atoms with Crippen LogP contribution in [0, 0.1) is 6.92 Å². The number of rotatable bonds is 16. The zero-order chi connectivity index (χ0) is 25.5. The maximum atomic E-state index is 13.1. The predicted octanol–water partition coefficient (Wildman–Crippen LogP) is 5.92. The van der Waals surface area contributed by atoms with Crippen LogP contribution in [0.15, 0.2) is 48.5 Å². The molecule has 0 aromatic heterocycles. The number of esters is 1. The Labute approximate surface area is 211 Å². The van der Waals surface area contributed by atoms with Gasteiger partial charge in [0.05, 0.1) is 13.0 Å². The van der Waals surface area contributed by atoms with E-state index in [9.17, 15) is 9.59 Å². The first-order valence-electron chi connectivity index (χ1n) is 13.1. The number of nitrogens with one attached hydrogen (secondary N) is 1. The van der Waals surface area contributed by atoms with Gasteiger partial charge in [0.15, 0.2) is 6.10 Å². The maximum Gasteiger partial charge on any atom is 0.335 e. The molecule has 5 heteroatoms. The first kappa shape index (κ1) is 28.6. The van der Waals surface area contributed by atoms with E-state index in [-0.39, 0.29) is 17.8 Å². The Morgan fingerprint density at radius 1 is 0.886 bits per heavy atom. The minimum Gasteiger partial charge on any atom is -0.467 e. The van der Waals surface area contributed by atoms with Crippen molar-refractivity contribution < 1.29 is 19.1 Å². The van der Waals surface area contributed by atoms with Gasteiger partial charge in [-0.2, -0.15) is 0 Å². The lowest BCUT2D eigenvalue weighted by Gasteiger charge is -2.18. The fraction of sp³-hybridized carbons (Fsp3) is 0.533. The number of hydrogen-bond acceptors (Lipinski definition) is 4. The Balaban J connectivity index is 1.89. The van der Waals surface area contributed by atoms with Crippen LogP contribution in [0.1, 0.15) is 80.5 Å². The summed E-state index contributed by atoms with van der Waals surface area (Å²) in [5, 5.41) is 3.16. The largest absolute Gasteiger partial charge is 0.467 e. The molecule has 2 atom stereocenters. The van der Waals surface area contributed by atoms with Gasteiger partial charge in [0, 0.05) is 19.6 Å². The van der Waals surface area contributed by atoms with Crippen LogP contribution in [0.3, 0.4) is 0 Å². The molecule has 0 aliphatic heterocycles. The van der Waals surface area contributed by atoms with E-state index < -0.39 is 6.10 Å². The first-order chi connectivity index (χ1) is 17.0. The van der Waals surface area contributed by atoms with E-state index in [1.165, 1.54) is 38.4 Å². The smallest absolute Gasteiger partial charge is 0.335 e. The highest BCUT2D eigenvalue weighted by Gasteiger charge is 2.21. The molecule has 5 nitrogen and oxygen atoms in total. The number of amides is 1. The summed E-state index contributed by atoms with van der Waals surface area (Å²) >= 11 is 0. The highest BCUT2D eigenvalue weighted by atomic mass is 16.6. The van der Waals surface area contributed by atoms with Gasteiger partial charge < -0.3 is 14.8 Å². The molecule has 0 spiro atoms. The minimum atomic E-state index is -0.587. The lowest BCUT2D eigenvalue weighted by atomic mass is 9.91. The molecular weight excluding hydrogens is 438 g/mol. The van der Waals surface area contributed by atoms with Crippen molar-refractivity contribution in [1.29, 1.82) is 0 Å². The predicted molar refractivity (Wildman–Crippen MR) is 142 cm³/mol. The monoisotopic (exact) mass is 481 g/mol. The van der Waals surface area contributed by atoms with Crippen LogP contribution in [0.4, 0.5) is 0 Å². The van der Waals surface area contributed by atoms with E-state index in [1.807, 2.05) is 31.2 Å². The molecule has 0 radical (unpaired) electrons. The molecule has 1 amide bonds. The number of hydrogen-bond donors (Lipinski definition) is 1. The van der Waals surface area contributed by atoms with Crippen LogP contribution in [0.25, 0.3) is 0 Å². The molecule has 2 unspecified atom stereocenters. The lowest BCUT2D eigenvalue weighted by Crippen LogP contribution is -2.31. The summed E-state index contributed by atoms with van der Waals surface area (Å²) in [5.74, 6) is -0.348. The third kappa shape index (κ3) is 10.2. The van der Waals surface area contributed by atoms with Gasteiger partial charge >= 0.3 is 5.97 Å². The van der Waals surface area contributed by atoms with Gasteiger partial charge in [-0.05, 0) is 43.4 Å². The van der Waals surface area contributed by atoms with E-state index in [2.05, 4.69) is 43.4 Å². The Hall–Kier alpha value is -2.66. The second kappa shape index (κ2) is 16.1. The average molecular weight is 482 g/mol. The van der Waals surface area contributed by atoms with E-state index in [0.29, 0.717) is 19.6 Å². The number of carbonyl (C=O) groups is 2. The highest BCUT2D eigenvalue weighted by Crippen LogP contribution is 2.24. The van der Waals surface area contributed by atoms with Crippen molar-refractivity contribution in [2.45, 2.75) is 84.2 Å². The third-order valence-electron chi connectivity index (χ3n) is 6.38. The molecule has 0 aliphatic carbocycles. The summed E-state index contributed by atoms with van der Waals surface area (Å²) in [7, 11) is 1.38. The van der Waals surface area contributed by atoms with Gasteiger partial charge in [-0.25, -0.2) is 4.79 Å². The Bertz CT molecular complexity index is 876. The summed E-state index contributed by atoms with van der Waals surface area (Å²) in [4.78, 5) is 25.0. The van der Waals surface area contributed by atoms with Crippen molar-refractivity contribution in [3.05, 3.63) is 70.8 Å². The van der Waals surface area contributed by atoms with E-state index in [0.717, 1.165) is 36.0 Å². The lowest BCUT2D eigenvalue weighted by molar-refractivity contribution is -0.153. The van der Waals surface area contributed by atoms with Gasteiger partial charge in [-0.1, -0.05) is 93.1 Å². The van der Waals surface area contributed by atoms with Crippen LogP contribution in [0.5, 0.6) is 0 Å². The van der Waals surface area contributed by atoms with Gasteiger partial charge in [-0.3, -0.25) is 4.79 Å². The van der Waals surface area contributed by atoms with Gasteiger partial charge in [0.25, 0.3) is 0 Å². The molecule has 0 saturated heterocycles. The van der Waals surface area contributed by atoms with Gasteiger partial charge in [0.1, 0.15) is 0 Å². The van der Waals surface area contributed by atoms with E-state index in [4.69, 9.17) is 9.47 Å². The molecule has 192 valence electrons. The van der Waals surface area contributed by atoms with Crippen LogP contribution >= 0.6 is 0 Å².